The number of aromatic nitrogens is 2. The fourth-order valence-electron chi connectivity index (χ4n) is 6.44. The van der Waals surface area contributed by atoms with E-state index in [1.165, 1.54) is 0 Å². The van der Waals surface area contributed by atoms with Gasteiger partial charge in [-0.25, -0.2) is 4.98 Å². The Labute approximate surface area is 280 Å². The third-order valence-electron chi connectivity index (χ3n) is 10.2. The molecule has 5 heteroatoms. The molecular weight excluding hydrogens is 593 g/mol. The minimum absolute atomic E-state index is 0.113. The van der Waals surface area contributed by atoms with Gasteiger partial charge in [-0.3, -0.25) is 0 Å². The van der Waals surface area contributed by atoms with Crippen molar-refractivity contribution in [3.8, 4) is 5.75 Å². The van der Waals surface area contributed by atoms with E-state index in [-0.39, 0.29) is 11.0 Å². The number of rotatable bonds is 9. The zero-order valence-corrected chi connectivity index (χ0v) is 29.6. The predicted molar refractivity (Wildman–Crippen MR) is 196 cm³/mol. The third-order valence-corrected chi connectivity index (χ3v) is 14.6. The van der Waals surface area contributed by atoms with Crippen LogP contribution in [-0.4, -0.2) is 23.0 Å². The second-order valence-corrected chi connectivity index (χ2v) is 19.2. The van der Waals surface area contributed by atoms with Gasteiger partial charge in [-0.15, -0.1) is 0 Å². The van der Waals surface area contributed by atoms with Crippen LogP contribution < -0.4 is 4.43 Å². The molecule has 5 aromatic carbocycles. The van der Waals surface area contributed by atoms with Crippen molar-refractivity contribution in [3.05, 3.63) is 168 Å². The number of fused-ring (bicyclic) bond motifs is 1. The maximum absolute atomic E-state index is 12.7. The Morgan fingerprint density at radius 1 is 0.660 bits per heavy atom. The fraction of sp³-hybridized carbons (Fsp3) is 0.262. The first kappa shape index (κ1) is 32.5. The van der Waals surface area contributed by atoms with Crippen molar-refractivity contribution < 1.29 is 9.53 Å². The Hall–Kier alpha value is -4.45. The average Bonchev–Trinajstić information content (AvgIpc) is 3.56. The number of benzene rings is 5. The molecule has 4 nitrogen and oxygen atoms in total. The van der Waals surface area contributed by atoms with Crippen molar-refractivity contribution in [2.75, 3.05) is 0 Å². The topological polar surface area (TPSA) is 47.3 Å². The molecule has 0 spiro atoms. The Morgan fingerprint density at radius 3 is 1.64 bits per heavy atom. The summed E-state index contributed by atoms with van der Waals surface area (Å²) < 4.78 is 8.77. The molecule has 0 aliphatic heterocycles. The van der Waals surface area contributed by atoms with Gasteiger partial charge in [0.15, 0.2) is 0 Å². The highest BCUT2D eigenvalue weighted by molar-refractivity contribution is 6.74. The van der Waals surface area contributed by atoms with Crippen LogP contribution in [0.5, 0.6) is 5.75 Å². The van der Waals surface area contributed by atoms with E-state index in [1.807, 2.05) is 36.8 Å². The summed E-state index contributed by atoms with van der Waals surface area (Å²) in [5, 5.41) is 14.9. The van der Waals surface area contributed by atoms with Crippen LogP contribution in [0.4, 0.5) is 0 Å². The molecule has 0 saturated heterocycles. The van der Waals surface area contributed by atoms with E-state index in [1.54, 1.807) is 0 Å². The molecule has 0 aliphatic rings. The van der Waals surface area contributed by atoms with Crippen LogP contribution in [-0.2, 0) is 11.1 Å². The number of hydrogen-bond donors (Lipinski definition) is 1. The zero-order chi connectivity index (χ0) is 33.5. The first-order chi connectivity index (χ1) is 22.4. The van der Waals surface area contributed by atoms with E-state index in [4.69, 9.17) is 9.41 Å². The van der Waals surface area contributed by atoms with E-state index < -0.39 is 19.5 Å². The van der Waals surface area contributed by atoms with Crippen molar-refractivity contribution in [2.24, 2.45) is 5.92 Å². The van der Waals surface area contributed by atoms with Gasteiger partial charge in [0.25, 0.3) is 0 Å². The molecule has 1 N–H and O–H groups in total. The normalized spacial score (nSPS) is 13.9. The lowest BCUT2D eigenvalue weighted by Crippen LogP contribution is -2.43. The van der Waals surface area contributed by atoms with Gasteiger partial charge in [0.05, 0.1) is 12.0 Å². The molecule has 6 aromatic rings. The van der Waals surface area contributed by atoms with Crippen LogP contribution in [0, 0.1) is 5.92 Å². The molecule has 0 bridgehead atoms. The van der Waals surface area contributed by atoms with Crippen LogP contribution in [0.3, 0.4) is 0 Å². The average molecular weight is 639 g/mol. The summed E-state index contributed by atoms with van der Waals surface area (Å²) in [4.78, 5) is 4.98. The van der Waals surface area contributed by atoms with Gasteiger partial charge in [-0.05, 0) is 75.3 Å². The van der Waals surface area contributed by atoms with Crippen LogP contribution in [0.1, 0.15) is 62.6 Å². The number of imidazole rings is 1. The molecule has 0 saturated carbocycles. The van der Waals surface area contributed by atoms with Gasteiger partial charge in [0.1, 0.15) is 16.9 Å². The van der Waals surface area contributed by atoms with Crippen molar-refractivity contribution in [1.82, 2.24) is 9.55 Å². The lowest BCUT2D eigenvalue weighted by atomic mass is 9.76. The lowest BCUT2D eigenvalue weighted by Gasteiger charge is -2.37. The first-order valence-electron chi connectivity index (χ1n) is 16.5. The van der Waals surface area contributed by atoms with Crippen molar-refractivity contribution in [1.29, 1.82) is 0 Å². The quantitative estimate of drug-likeness (QED) is 0.127. The minimum Gasteiger partial charge on any atom is -0.543 e. The van der Waals surface area contributed by atoms with E-state index >= 15 is 0 Å². The second-order valence-electron chi connectivity index (χ2n) is 14.5. The minimum atomic E-state index is -1.97. The van der Waals surface area contributed by atoms with Crippen LogP contribution in [0.15, 0.2) is 140 Å². The maximum Gasteiger partial charge on any atom is 0.250 e. The monoisotopic (exact) mass is 638 g/mol. The molecule has 1 heterocycles. The Kier molecular flexibility index (Phi) is 8.50. The molecule has 0 radical (unpaired) electrons. The summed E-state index contributed by atoms with van der Waals surface area (Å²) in [5.41, 5.74) is 2.70. The SMILES string of the molecule is CC(C)C(O)(c1ccc2cc(O[Si](C)(C)C(C)(C)C)ccc2c1)c1cn(C(c2ccccc2)(c2ccccc2)c2ccccc2)cn1. The van der Waals surface area contributed by atoms with E-state index in [2.05, 4.69) is 155 Å². The number of hydrogen-bond acceptors (Lipinski definition) is 3. The van der Waals surface area contributed by atoms with E-state index in [0.29, 0.717) is 5.69 Å². The molecule has 1 aromatic heterocycles. The molecule has 0 fully saturated rings. The van der Waals surface area contributed by atoms with Crippen molar-refractivity contribution in [3.63, 3.8) is 0 Å². The molecule has 0 aliphatic carbocycles. The zero-order valence-electron chi connectivity index (χ0n) is 28.6. The maximum atomic E-state index is 12.7. The summed E-state index contributed by atoms with van der Waals surface area (Å²) in [6.45, 7) is 15.4. The Morgan fingerprint density at radius 2 is 1.15 bits per heavy atom. The van der Waals surface area contributed by atoms with Crippen molar-refractivity contribution >= 4 is 19.1 Å². The molecule has 47 heavy (non-hydrogen) atoms. The highest BCUT2D eigenvalue weighted by Gasteiger charge is 2.43. The van der Waals surface area contributed by atoms with Crippen LogP contribution in [0.25, 0.3) is 10.8 Å². The summed E-state index contributed by atoms with van der Waals surface area (Å²) >= 11 is 0. The van der Waals surface area contributed by atoms with Crippen LogP contribution >= 0.6 is 0 Å². The molecule has 6 rings (SSSR count). The molecule has 1 unspecified atom stereocenters. The number of aliphatic hydroxyl groups is 1. The van der Waals surface area contributed by atoms with E-state index in [0.717, 1.165) is 38.8 Å². The molecule has 240 valence electrons. The smallest absolute Gasteiger partial charge is 0.250 e. The van der Waals surface area contributed by atoms with Gasteiger partial charge in [-0.1, -0.05) is 144 Å². The van der Waals surface area contributed by atoms with Crippen LogP contribution in [0.2, 0.25) is 18.1 Å². The van der Waals surface area contributed by atoms with Gasteiger partial charge >= 0.3 is 0 Å². The number of nitrogens with zero attached hydrogens (tertiary/aromatic N) is 2. The molecule has 0 amide bonds. The first-order valence-corrected chi connectivity index (χ1v) is 19.5. The Balaban J connectivity index is 1.48. The van der Waals surface area contributed by atoms with Gasteiger partial charge in [0, 0.05) is 6.20 Å². The largest absolute Gasteiger partial charge is 0.543 e. The molecular formula is C42H46N2O2Si. The standard InChI is InChI=1S/C42H46N2O2Si/c1-31(2)42(45,37-25-23-33-28-38(26-24-32(33)27-37)46-47(6,7)40(3,4)5)39-29-44(30-43-39)41(34-17-11-8-12-18-34,35-19-13-9-14-20-35)36-21-15-10-16-22-36/h8-31,45H,1-7H3. The predicted octanol–water partition coefficient (Wildman–Crippen LogP) is 10.2. The Bertz CT molecular complexity index is 1860. The third kappa shape index (κ3) is 5.72. The molecule has 1 atom stereocenters. The summed E-state index contributed by atoms with van der Waals surface area (Å²) in [6, 6.07) is 44.1. The van der Waals surface area contributed by atoms with Gasteiger partial charge < -0.3 is 14.1 Å². The second kappa shape index (κ2) is 12.3. The van der Waals surface area contributed by atoms with Gasteiger partial charge in [0.2, 0.25) is 8.32 Å². The van der Waals surface area contributed by atoms with E-state index in [9.17, 15) is 5.11 Å². The summed E-state index contributed by atoms with van der Waals surface area (Å²) in [5.74, 6) is 0.748. The summed E-state index contributed by atoms with van der Waals surface area (Å²) in [6.07, 6.45) is 3.91. The van der Waals surface area contributed by atoms with Crippen molar-refractivity contribution in [2.45, 2.75) is 63.9 Å². The highest BCUT2D eigenvalue weighted by atomic mass is 28.4. The summed E-state index contributed by atoms with van der Waals surface area (Å²) in [7, 11) is -1.97. The lowest BCUT2D eigenvalue weighted by molar-refractivity contribution is 0.0279. The fourth-order valence-corrected chi connectivity index (χ4v) is 7.46. The highest BCUT2D eigenvalue weighted by Crippen LogP contribution is 2.44. The van der Waals surface area contributed by atoms with Gasteiger partial charge in [-0.2, -0.15) is 0 Å².